The van der Waals surface area contributed by atoms with E-state index < -0.39 is 29.6 Å². The van der Waals surface area contributed by atoms with Gasteiger partial charge in [0.25, 0.3) is 0 Å². The first-order valence-electron chi connectivity index (χ1n) is 12.9. The summed E-state index contributed by atoms with van der Waals surface area (Å²) < 4.78 is 52.7. The first-order chi connectivity index (χ1) is 19.4. The number of hydrogen-bond acceptors (Lipinski definition) is 5. The molecule has 4 aromatic rings. The molecule has 0 aliphatic rings. The van der Waals surface area contributed by atoms with Gasteiger partial charge in [0.15, 0.2) is 0 Å². The van der Waals surface area contributed by atoms with Crippen molar-refractivity contribution in [2.75, 3.05) is 6.54 Å². The Morgan fingerprint density at radius 1 is 1.02 bits per heavy atom. The number of alkyl halides is 3. The second kappa shape index (κ2) is 12.5. The Hall–Kier alpha value is -4.22. The number of aromatic nitrogens is 1. The molecule has 2 atom stereocenters. The maximum Gasteiger partial charge on any atom is 0.416 e. The topological polar surface area (TPSA) is 114 Å². The van der Waals surface area contributed by atoms with Gasteiger partial charge in [-0.25, -0.2) is 4.39 Å². The fourth-order valence-electron chi connectivity index (χ4n) is 4.59. The number of phenols is 1. The number of rotatable bonds is 10. The van der Waals surface area contributed by atoms with Crippen LogP contribution >= 0.6 is 0 Å². The standard InChI is InChI=1S/C30H29F4N3O4/c1-17(35-16-26(39)22-6-9-25(38)29-23(22)7-10-27(40)37-29)11-18-3-2-4-19(12-18)13-28(41)36-15-20-14-21(30(32,33)34)5-8-24(20)31/h2-10,12,14,17,26,35,38-39H,11,13,15-16H2,1H3,(H,36,41)(H,37,40)/t17?,26-/m0/s1. The fraction of sp³-hybridized carbons (Fsp3) is 0.267. The van der Waals surface area contributed by atoms with E-state index in [2.05, 4.69) is 15.6 Å². The lowest BCUT2D eigenvalue weighted by atomic mass is 10.0. The Kier molecular flexibility index (Phi) is 9.09. The van der Waals surface area contributed by atoms with Crippen molar-refractivity contribution in [3.8, 4) is 5.75 Å². The number of hydrogen-bond donors (Lipinski definition) is 5. The van der Waals surface area contributed by atoms with E-state index in [-0.39, 0.29) is 47.9 Å². The zero-order valence-electron chi connectivity index (χ0n) is 22.1. The highest BCUT2D eigenvalue weighted by atomic mass is 19.4. The monoisotopic (exact) mass is 571 g/mol. The SMILES string of the molecule is CC(Cc1cccc(CC(=O)NCc2cc(C(F)(F)F)ccc2F)c1)NC[C@H](O)c1ccc(O)c2[nH]c(=O)ccc12. The summed E-state index contributed by atoms with van der Waals surface area (Å²) in [6.07, 6.45) is -4.99. The van der Waals surface area contributed by atoms with Gasteiger partial charge in [0.1, 0.15) is 11.6 Å². The van der Waals surface area contributed by atoms with Crippen LogP contribution in [0.1, 0.15) is 40.8 Å². The van der Waals surface area contributed by atoms with Crippen molar-refractivity contribution < 1.29 is 32.6 Å². The molecular formula is C30H29F4N3O4. The molecule has 7 nitrogen and oxygen atoms in total. The maximum absolute atomic E-state index is 14.0. The minimum absolute atomic E-state index is 0.0367. The molecule has 4 rings (SSSR count). The molecule has 1 amide bonds. The van der Waals surface area contributed by atoms with Gasteiger partial charge in [0.2, 0.25) is 11.5 Å². The number of carbonyl (C=O) groups is 1. The summed E-state index contributed by atoms with van der Waals surface area (Å²) in [6, 6.07) is 15.1. The number of phenolic OH excluding ortho intramolecular Hbond substituents is 1. The number of nitrogens with one attached hydrogen (secondary N) is 3. The van der Waals surface area contributed by atoms with Gasteiger partial charge in [-0.3, -0.25) is 9.59 Å². The summed E-state index contributed by atoms with van der Waals surface area (Å²) >= 11 is 0. The van der Waals surface area contributed by atoms with Crippen LogP contribution in [-0.4, -0.2) is 33.7 Å². The van der Waals surface area contributed by atoms with Crippen molar-refractivity contribution in [1.29, 1.82) is 0 Å². The number of aromatic hydroxyl groups is 1. The van der Waals surface area contributed by atoms with Crippen LogP contribution in [0.15, 0.2) is 71.5 Å². The van der Waals surface area contributed by atoms with E-state index in [0.29, 0.717) is 35.1 Å². The van der Waals surface area contributed by atoms with Crippen molar-refractivity contribution in [3.63, 3.8) is 0 Å². The van der Waals surface area contributed by atoms with Crippen LogP contribution in [0.4, 0.5) is 17.6 Å². The third-order valence-corrected chi connectivity index (χ3v) is 6.67. The number of aromatic amines is 1. The molecule has 1 heterocycles. The highest BCUT2D eigenvalue weighted by molar-refractivity contribution is 5.87. The van der Waals surface area contributed by atoms with Crippen LogP contribution in [0, 0.1) is 5.82 Å². The van der Waals surface area contributed by atoms with Gasteiger partial charge in [-0.2, -0.15) is 13.2 Å². The molecule has 0 aliphatic heterocycles. The van der Waals surface area contributed by atoms with Gasteiger partial charge in [-0.15, -0.1) is 0 Å². The number of aliphatic hydroxyl groups is 1. The fourth-order valence-corrected chi connectivity index (χ4v) is 4.59. The number of carbonyl (C=O) groups excluding carboxylic acids is 1. The molecule has 0 spiro atoms. The van der Waals surface area contributed by atoms with E-state index in [4.69, 9.17) is 0 Å². The van der Waals surface area contributed by atoms with Crippen molar-refractivity contribution in [2.45, 2.75) is 44.6 Å². The summed E-state index contributed by atoms with van der Waals surface area (Å²) in [5.74, 6) is -1.39. The quantitative estimate of drug-likeness (QED) is 0.180. The Morgan fingerprint density at radius 3 is 2.54 bits per heavy atom. The van der Waals surface area contributed by atoms with Gasteiger partial charge in [0, 0.05) is 36.1 Å². The largest absolute Gasteiger partial charge is 0.506 e. The minimum atomic E-state index is -4.61. The van der Waals surface area contributed by atoms with E-state index >= 15 is 0 Å². The van der Waals surface area contributed by atoms with Crippen molar-refractivity contribution in [2.24, 2.45) is 0 Å². The zero-order valence-corrected chi connectivity index (χ0v) is 22.1. The van der Waals surface area contributed by atoms with E-state index in [1.807, 2.05) is 19.1 Å². The van der Waals surface area contributed by atoms with Crippen LogP contribution < -0.4 is 16.2 Å². The van der Waals surface area contributed by atoms with E-state index in [1.54, 1.807) is 24.3 Å². The first-order valence-corrected chi connectivity index (χ1v) is 12.9. The molecule has 0 aliphatic carbocycles. The van der Waals surface area contributed by atoms with E-state index in [0.717, 1.165) is 11.6 Å². The lowest BCUT2D eigenvalue weighted by molar-refractivity contribution is -0.137. The summed E-state index contributed by atoms with van der Waals surface area (Å²) in [7, 11) is 0. The normalized spacial score (nSPS) is 13.2. The summed E-state index contributed by atoms with van der Waals surface area (Å²) in [4.78, 5) is 26.6. The molecule has 0 radical (unpaired) electrons. The Bertz CT molecular complexity index is 1600. The van der Waals surface area contributed by atoms with Crippen molar-refractivity contribution in [1.82, 2.24) is 15.6 Å². The molecule has 0 bridgehead atoms. The first kappa shape index (κ1) is 29.8. The smallest absolute Gasteiger partial charge is 0.416 e. The Labute approximate surface area is 232 Å². The van der Waals surface area contributed by atoms with Gasteiger partial charge < -0.3 is 25.8 Å². The average molecular weight is 572 g/mol. The molecule has 0 saturated heterocycles. The maximum atomic E-state index is 14.0. The second-order valence-corrected chi connectivity index (χ2v) is 9.89. The number of H-pyrrole nitrogens is 1. The second-order valence-electron chi connectivity index (χ2n) is 9.89. The Balaban J connectivity index is 1.31. The third kappa shape index (κ3) is 7.71. The number of amides is 1. The molecule has 0 saturated carbocycles. The molecule has 216 valence electrons. The molecule has 3 aromatic carbocycles. The zero-order chi connectivity index (χ0) is 29.7. The van der Waals surface area contributed by atoms with Crippen molar-refractivity contribution in [3.05, 3.63) is 111 Å². The number of pyridine rings is 1. The van der Waals surface area contributed by atoms with Gasteiger partial charge in [-0.1, -0.05) is 30.3 Å². The van der Waals surface area contributed by atoms with Gasteiger partial charge in [0.05, 0.1) is 23.6 Å². The number of benzene rings is 3. The van der Waals surface area contributed by atoms with Crippen LogP contribution in [0.25, 0.3) is 10.9 Å². The highest BCUT2D eigenvalue weighted by Gasteiger charge is 2.31. The van der Waals surface area contributed by atoms with Crippen molar-refractivity contribution >= 4 is 16.8 Å². The van der Waals surface area contributed by atoms with Crippen LogP contribution in [0.2, 0.25) is 0 Å². The van der Waals surface area contributed by atoms with Crippen LogP contribution in [-0.2, 0) is 30.4 Å². The van der Waals surface area contributed by atoms with Crippen LogP contribution in [0.5, 0.6) is 5.75 Å². The molecule has 1 unspecified atom stereocenters. The summed E-state index contributed by atoms with van der Waals surface area (Å²) in [5.41, 5.74) is 0.796. The number of halogens is 4. The number of aliphatic hydroxyl groups excluding tert-OH is 1. The van der Waals surface area contributed by atoms with E-state index in [9.17, 15) is 37.4 Å². The lowest BCUT2D eigenvalue weighted by Crippen LogP contribution is -2.32. The molecule has 41 heavy (non-hydrogen) atoms. The van der Waals surface area contributed by atoms with Gasteiger partial charge >= 0.3 is 6.18 Å². The molecular weight excluding hydrogens is 542 g/mol. The van der Waals surface area contributed by atoms with E-state index in [1.165, 1.54) is 12.1 Å². The molecule has 1 aromatic heterocycles. The molecule has 0 fully saturated rings. The third-order valence-electron chi connectivity index (χ3n) is 6.67. The molecule has 11 heteroatoms. The number of fused-ring (bicyclic) bond motifs is 1. The summed E-state index contributed by atoms with van der Waals surface area (Å²) in [6.45, 7) is 1.76. The average Bonchev–Trinajstić information content (AvgIpc) is 2.91. The predicted octanol–water partition coefficient (Wildman–Crippen LogP) is 4.50. The van der Waals surface area contributed by atoms with Gasteiger partial charge in [-0.05, 0) is 60.4 Å². The highest BCUT2D eigenvalue weighted by Crippen LogP contribution is 2.30. The predicted molar refractivity (Wildman–Crippen MR) is 146 cm³/mol. The minimum Gasteiger partial charge on any atom is -0.506 e. The van der Waals surface area contributed by atoms with Crippen LogP contribution in [0.3, 0.4) is 0 Å². The Morgan fingerprint density at radius 2 is 1.78 bits per heavy atom. The lowest BCUT2D eigenvalue weighted by Gasteiger charge is -2.19. The molecule has 5 N–H and O–H groups in total. The summed E-state index contributed by atoms with van der Waals surface area (Å²) in [5, 5.41) is 27.1.